The Kier molecular flexibility index (Phi) is 6.49. The van der Waals surface area contributed by atoms with Crippen molar-refractivity contribution in [2.45, 2.75) is 51.4 Å². The maximum atomic E-state index is 12.1. The maximum absolute atomic E-state index is 12.1. The molecule has 0 aromatic heterocycles. The fourth-order valence-electron chi connectivity index (χ4n) is 3.32. The van der Waals surface area contributed by atoms with Crippen LogP contribution in [0.1, 0.15) is 51.4 Å². The van der Waals surface area contributed by atoms with Gasteiger partial charge in [-0.2, -0.15) is 0 Å². The third-order valence-electron chi connectivity index (χ3n) is 4.84. The number of aliphatic hydroxyl groups excluding tert-OH is 1. The summed E-state index contributed by atoms with van der Waals surface area (Å²) in [4.78, 5) is 25.9. The number of hydrogen-bond acceptors (Lipinski definition) is 3. The van der Waals surface area contributed by atoms with E-state index in [-0.39, 0.29) is 24.3 Å². The van der Waals surface area contributed by atoms with Crippen molar-refractivity contribution in [1.82, 2.24) is 10.2 Å². The van der Waals surface area contributed by atoms with Crippen LogP contribution in [0.3, 0.4) is 0 Å². The van der Waals surface area contributed by atoms with Crippen molar-refractivity contribution in [1.29, 1.82) is 0 Å². The van der Waals surface area contributed by atoms with Crippen LogP contribution >= 0.6 is 0 Å². The van der Waals surface area contributed by atoms with Crippen LogP contribution in [0.4, 0.5) is 0 Å². The average molecular weight is 296 g/mol. The number of nitrogens with zero attached hydrogens (tertiary/aromatic N) is 1. The number of hydrogen-bond donors (Lipinski definition) is 2. The molecule has 0 spiro atoms. The molecule has 2 N–H and O–H groups in total. The third-order valence-corrected chi connectivity index (χ3v) is 4.84. The fraction of sp³-hybridized carbons (Fsp3) is 0.875. The zero-order chi connectivity index (χ0) is 15.1. The molecule has 0 aromatic rings. The van der Waals surface area contributed by atoms with Gasteiger partial charge >= 0.3 is 0 Å². The Morgan fingerprint density at radius 3 is 2.33 bits per heavy atom. The van der Waals surface area contributed by atoms with Crippen LogP contribution in [0.15, 0.2) is 0 Å². The Morgan fingerprint density at radius 2 is 1.71 bits per heavy atom. The SMILES string of the molecule is O=C(NCCC(=O)N1CCC(CO)CC1)C1CCCCC1. The predicted octanol–water partition coefficient (Wildman–Crippen LogP) is 1.30. The monoisotopic (exact) mass is 296 g/mol. The molecule has 21 heavy (non-hydrogen) atoms. The molecule has 1 heterocycles. The van der Waals surface area contributed by atoms with Gasteiger partial charge in [-0.05, 0) is 31.6 Å². The number of nitrogens with one attached hydrogen (secondary N) is 1. The highest BCUT2D eigenvalue weighted by Crippen LogP contribution is 2.23. The van der Waals surface area contributed by atoms with Gasteiger partial charge in [0.25, 0.3) is 0 Å². The predicted molar refractivity (Wildman–Crippen MR) is 80.6 cm³/mol. The molecular weight excluding hydrogens is 268 g/mol. The maximum Gasteiger partial charge on any atom is 0.224 e. The van der Waals surface area contributed by atoms with Gasteiger partial charge in [-0.1, -0.05) is 19.3 Å². The first kappa shape index (κ1) is 16.3. The van der Waals surface area contributed by atoms with Gasteiger partial charge in [-0.25, -0.2) is 0 Å². The van der Waals surface area contributed by atoms with Crippen molar-refractivity contribution in [3.63, 3.8) is 0 Å². The van der Waals surface area contributed by atoms with Crippen LogP contribution in [0.5, 0.6) is 0 Å². The van der Waals surface area contributed by atoms with Gasteiger partial charge in [0.1, 0.15) is 0 Å². The highest BCUT2D eigenvalue weighted by atomic mass is 16.3. The van der Waals surface area contributed by atoms with Crippen LogP contribution in [0, 0.1) is 11.8 Å². The van der Waals surface area contributed by atoms with Crippen molar-refractivity contribution in [3.05, 3.63) is 0 Å². The molecule has 0 radical (unpaired) electrons. The van der Waals surface area contributed by atoms with Crippen molar-refractivity contribution in [3.8, 4) is 0 Å². The summed E-state index contributed by atoms with van der Waals surface area (Å²) in [6, 6.07) is 0. The molecule has 1 saturated carbocycles. The first-order chi connectivity index (χ1) is 10.2. The second kappa shape index (κ2) is 8.37. The van der Waals surface area contributed by atoms with Gasteiger partial charge in [0, 0.05) is 38.6 Å². The Bertz CT molecular complexity index is 345. The topological polar surface area (TPSA) is 69.6 Å². The Hall–Kier alpha value is -1.10. The van der Waals surface area contributed by atoms with Gasteiger partial charge in [0.15, 0.2) is 0 Å². The Balaban J connectivity index is 1.61. The number of carbonyl (C=O) groups excluding carboxylic acids is 2. The highest BCUT2D eigenvalue weighted by Gasteiger charge is 2.23. The molecule has 0 aromatic carbocycles. The molecule has 120 valence electrons. The van der Waals surface area contributed by atoms with Gasteiger partial charge in [0.05, 0.1) is 0 Å². The molecule has 0 unspecified atom stereocenters. The van der Waals surface area contributed by atoms with Crippen LogP contribution < -0.4 is 5.32 Å². The minimum atomic E-state index is 0.121. The van der Waals surface area contributed by atoms with E-state index in [1.165, 1.54) is 6.42 Å². The Labute approximate surface area is 127 Å². The van der Waals surface area contributed by atoms with Gasteiger partial charge in [-0.15, -0.1) is 0 Å². The summed E-state index contributed by atoms with van der Waals surface area (Å²) >= 11 is 0. The molecule has 5 heteroatoms. The minimum Gasteiger partial charge on any atom is -0.396 e. The largest absolute Gasteiger partial charge is 0.396 e. The smallest absolute Gasteiger partial charge is 0.224 e. The van der Waals surface area contributed by atoms with E-state index in [9.17, 15) is 9.59 Å². The molecule has 1 aliphatic heterocycles. The molecular formula is C16H28N2O3. The summed E-state index contributed by atoms with van der Waals surface area (Å²) in [5, 5.41) is 12.0. The summed E-state index contributed by atoms with van der Waals surface area (Å²) in [6.07, 6.45) is 7.69. The van der Waals surface area contributed by atoms with E-state index in [1.807, 2.05) is 4.90 Å². The summed E-state index contributed by atoms with van der Waals surface area (Å²) in [5.41, 5.74) is 0. The first-order valence-electron chi connectivity index (χ1n) is 8.37. The first-order valence-corrected chi connectivity index (χ1v) is 8.37. The fourth-order valence-corrected chi connectivity index (χ4v) is 3.32. The molecule has 0 bridgehead atoms. The molecule has 2 aliphatic rings. The number of rotatable bonds is 5. The van der Waals surface area contributed by atoms with Crippen LogP contribution in [0.25, 0.3) is 0 Å². The number of aliphatic hydroxyl groups is 1. The van der Waals surface area contributed by atoms with Crippen molar-refractivity contribution in [2.24, 2.45) is 11.8 Å². The zero-order valence-electron chi connectivity index (χ0n) is 12.9. The summed E-state index contributed by atoms with van der Waals surface area (Å²) in [6.45, 7) is 2.15. The average Bonchev–Trinajstić information content (AvgIpc) is 2.55. The summed E-state index contributed by atoms with van der Waals surface area (Å²) < 4.78 is 0. The number of carbonyl (C=O) groups is 2. The van der Waals surface area contributed by atoms with Crippen LogP contribution in [-0.2, 0) is 9.59 Å². The van der Waals surface area contributed by atoms with E-state index in [1.54, 1.807) is 0 Å². The third kappa shape index (κ3) is 4.99. The standard InChI is InChI=1S/C16H28N2O3/c19-12-13-7-10-18(11-8-13)15(20)6-9-17-16(21)14-4-2-1-3-5-14/h13-14,19H,1-12H2,(H,17,21). The molecule has 0 atom stereocenters. The van der Waals surface area contributed by atoms with Crippen molar-refractivity contribution < 1.29 is 14.7 Å². The Morgan fingerprint density at radius 1 is 1.05 bits per heavy atom. The van der Waals surface area contributed by atoms with E-state index in [0.29, 0.717) is 18.9 Å². The van der Waals surface area contributed by atoms with E-state index in [2.05, 4.69) is 5.32 Å². The quantitative estimate of drug-likeness (QED) is 0.803. The second-order valence-electron chi connectivity index (χ2n) is 6.38. The second-order valence-corrected chi connectivity index (χ2v) is 6.38. The molecule has 5 nitrogen and oxygen atoms in total. The molecule has 2 rings (SSSR count). The van der Waals surface area contributed by atoms with E-state index >= 15 is 0 Å². The lowest BCUT2D eigenvalue weighted by Crippen LogP contribution is -2.41. The lowest BCUT2D eigenvalue weighted by molar-refractivity contribution is -0.133. The van der Waals surface area contributed by atoms with E-state index in [0.717, 1.165) is 51.6 Å². The van der Waals surface area contributed by atoms with Crippen molar-refractivity contribution in [2.75, 3.05) is 26.2 Å². The van der Waals surface area contributed by atoms with Gasteiger partial charge in [0.2, 0.25) is 11.8 Å². The van der Waals surface area contributed by atoms with Gasteiger partial charge < -0.3 is 15.3 Å². The molecule has 1 aliphatic carbocycles. The molecule has 1 saturated heterocycles. The minimum absolute atomic E-state index is 0.121. The molecule has 2 fully saturated rings. The normalized spacial score (nSPS) is 21.3. The van der Waals surface area contributed by atoms with E-state index in [4.69, 9.17) is 5.11 Å². The lowest BCUT2D eigenvalue weighted by Gasteiger charge is -2.31. The number of piperidine rings is 1. The summed E-state index contributed by atoms with van der Waals surface area (Å²) in [7, 11) is 0. The van der Waals surface area contributed by atoms with Crippen molar-refractivity contribution >= 4 is 11.8 Å². The highest BCUT2D eigenvalue weighted by molar-refractivity contribution is 5.80. The van der Waals surface area contributed by atoms with E-state index < -0.39 is 0 Å². The summed E-state index contributed by atoms with van der Waals surface area (Å²) in [5.74, 6) is 0.756. The van der Waals surface area contributed by atoms with Gasteiger partial charge in [-0.3, -0.25) is 9.59 Å². The van der Waals surface area contributed by atoms with Crippen LogP contribution in [0.2, 0.25) is 0 Å². The van der Waals surface area contributed by atoms with Crippen LogP contribution in [-0.4, -0.2) is 48.1 Å². The zero-order valence-corrected chi connectivity index (χ0v) is 12.9. The number of amides is 2. The number of likely N-dealkylation sites (tertiary alicyclic amines) is 1. The lowest BCUT2D eigenvalue weighted by atomic mass is 9.89. The molecule has 2 amide bonds.